The van der Waals surface area contributed by atoms with Gasteiger partial charge in [0.15, 0.2) is 0 Å². The number of rotatable bonds is 4. The van der Waals surface area contributed by atoms with Crippen LogP contribution in [0.4, 0.5) is 18.9 Å². The molecule has 1 amide bonds. The van der Waals surface area contributed by atoms with E-state index in [0.717, 1.165) is 12.1 Å². The van der Waals surface area contributed by atoms with E-state index >= 15 is 0 Å². The number of hydrogen-bond acceptors (Lipinski definition) is 3. The zero-order valence-corrected chi connectivity index (χ0v) is 13.6. The molecule has 1 N–H and O–H groups in total. The van der Waals surface area contributed by atoms with Gasteiger partial charge >= 0.3 is 12.1 Å². The van der Waals surface area contributed by atoms with Crippen LogP contribution >= 0.6 is 0 Å². The Labute approximate surface area is 142 Å². The normalized spacial score (nSPS) is 11.1. The Morgan fingerprint density at radius 1 is 1.08 bits per heavy atom. The number of hydrogen-bond donors (Lipinski definition) is 1. The minimum absolute atomic E-state index is 0.176. The molecule has 0 spiro atoms. The minimum Gasteiger partial charge on any atom is -0.457 e. The number of carbonyl (C=O) groups excluding carboxylic acids is 2. The van der Waals surface area contributed by atoms with Crippen molar-refractivity contribution >= 4 is 17.6 Å². The molecule has 0 aliphatic carbocycles. The minimum atomic E-state index is -4.41. The zero-order chi connectivity index (χ0) is 18.6. The van der Waals surface area contributed by atoms with Gasteiger partial charge in [0.25, 0.3) is 0 Å². The van der Waals surface area contributed by atoms with E-state index in [1.165, 1.54) is 25.1 Å². The van der Waals surface area contributed by atoms with Crippen molar-refractivity contribution in [3.8, 4) is 0 Å². The summed E-state index contributed by atoms with van der Waals surface area (Å²) in [5.74, 6) is -1.00. The maximum absolute atomic E-state index is 12.5. The summed E-state index contributed by atoms with van der Waals surface area (Å²) in [4.78, 5) is 23.5. The molecule has 0 aliphatic heterocycles. The highest BCUT2D eigenvalue weighted by Gasteiger charge is 2.29. The van der Waals surface area contributed by atoms with E-state index in [1.54, 1.807) is 19.1 Å². The molecule has 0 aromatic heterocycles. The van der Waals surface area contributed by atoms with Crippen molar-refractivity contribution in [2.45, 2.75) is 26.6 Å². The second kappa shape index (κ2) is 7.38. The summed E-state index contributed by atoms with van der Waals surface area (Å²) in [7, 11) is 0. The standard InChI is InChI=1S/C18H16F3NO3/c1-11-4-3-5-15(16(11)22-12(2)23)17(24)25-10-13-6-8-14(9-7-13)18(19,20)21/h3-9H,10H2,1-2H3,(H,22,23). The predicted molar refractivity (Wildman–Crippen MR) is 86.0 cm³/mol. The number of alkyl halides is 3. The number of aryl methyl sites for hydroxylation is 1. The molecule has 2 aromatic rings. The molecular weight excluding hydrogens is 335 g/mol. The smallest absolute Gasteiger partial charge is 0.416 e. The molecule has 0 saturated carbocycles. The molecule has 2 aromatic carbocycles. The monoisotopic (exact) mass is 351 g/mol. The van der Waals surface area contributed by atoms with Crippen molar-refractivity contribution in [3.05, 3.63) is 64.7 Å². The molecule has 0 saturated heterocycles. The van der Waals surface area contributed by atoms with Gasteiger partial charge in [-0.15, -0.1) is 0 Å². The fourth-order valence-electron chi connectivity index (χ4n) is 2.20. The molecule has 0 radical (unpaired) electrons. The van der Waals surface area contributed by atoms with Crippen molar-refractivity contribution in [2.24, 2.45) is 0 Å². The molecule has 25 heavy (non-hydrogen) atoms. The third-order valence-electron chi connectivity index (χ3n) is 3.44. The van der Waals surface area contributed by atoms with Gasteiger partial charge in [-0.1, -0.05) is 24.3 Å². The average molecular weight is 351 g/mol. The number of anilines is 1. The Hall–Kier alpha value is -2.83. The van der Waals surface area contributed by atoms with Gasteiger partial charge in [-0.3, -0.25) is 4.79 Å². The highest BCUT2D eigenvalue weighted by Crippen LogP contribution is 2.29. The van der Waals surface area contributed by atoms with Gasteiger partial charge in [-0.25, -0.2) is 4.79 Å². The first-order valence-electron chi connectivity index (χ1n) is 7.39. The largest absolute Gasteiger partial charge is 0.457 e. The third kappa shape index (κ3) is 4.82. The number of halogens is 3. The van der Waals surface area contributed by atoms with Gasteiger partial charge in [0.1, 0.15) is 6.61 Å². The summed E-state index contributed by atoms with van der Waals surface area (Å²) in [5.41, 5.74) is 0.887. The number of para-hydroxylation sites is 1. The molecule has 2 rings (SSSR count). The van der Waals surface area contributed by atoms with Gasteiger partial charge in [0, 0.05) is 6.92 Å². The molecule has 0 heterocycles. The molecule has 0 aliphatic rings. The Balaban J connectivity index is 2.10. The highest BCUT2D eigenvalue weighted by molar-refractivity contribution is 6.01. The molecule has 7 heteroatoms. The van der Waals surface area contributed by atoms with Gasteiger partial charge in [-0.05, 0) is 36.2 Å². The number of benzene rings is 2. The van der Waals surface area contributed by atoms with Crippen LogP contribution in [-0.2, 0) is 22.3 Å². The number of carbonyl (C=O) groups is 2. The average Bonchev–Trinajstić information content (AvgIpc) is 2.53. The molecular formula is C18H16F3NO3. The molecule has 0 fully saturated rings. The van der Waals surface area contributed by atoms with Crippen molar-refractivity contribution in [1.29, 1.82) is 0 Å². The first-order chi connectivity index (χ1) is 11.7. The second-order valence-electron chi connectivity index (χ2n) is 5.45. The molecule has 4 nitrogen and oxygen atoms in total. The van der Waals surface area contributed by atoms with Crippen molar-refractivity contribution < 1.29 is 27.5 Å². The first kappa shape index (κ1) is 18.5. The summed E-state index contributed by atoms with van der Waals surface area (Å²) < 4.78 is 42.7. The number of amides is 1. The summed E-state index contributed by atoms with van der Waals surface area (Å²) in [6.07, 6.45) is -4.41. The van der Waals surface area contributed by atoms with Crippen LogP contribution in [0.15, 0.2) is 42.5 Å². The Kier molecular flexibility index (Phi) is 5.46. The van der Waals surface area contributed by atoms with Gasteiger partial charge in [-0.2, -0.15) is 13.2 Å². The molecule has 0 atom stereocenters. The maximum atomic E-state index is 12.5. The Bertz CT molecular complexity index is 783. The van der Waals surface area contributed by atoms with Crippen LogP contribution in [0.3, 0.4) is 0 Å². The quantitative estimate of drug-likeness (QED) is 0.834. The van der Waals surface area contributed by atoms with E-state index in [1.807, 2.05) is 0 Å². The Morgan fingerprint density at radius 3 is 2.28 bits per heavy atom. The van der Waals surface area contributed by atoms with Crippen LogP contribution in [0.1, 0.15) is 34.0 Å². The van der Waals surface area contributed by atoms with Gasteiger partial charge in [0.2, 0.25) is 5.91 Å². The lowest BCUT2D eigenvalue weighted by molar-refractivity contribution is -0.137. The van der Waals surface area contributed by atoms with Crippen LogP contribution in [0.5, 0.6) is 0 Å². The SMILES string of the molecule is CC(=O)Nc1c(C)cccc1C(=O)OCc1ccc(C(F)(F)F)cc1. The fraction of sp³-hybridized carbons (Fsp3) is 0.222. The summed E-state index contributed by atoms with van der Waals surface area (Å²) in [6.45, 7) is 2.88. The first-order valence-corrected chi connectivity index (χ1v) is 7.39. The van der Waals surface area contributed by atoms with Gasteiger partial charge in [0.05, 0.1) is 16.8 Å². The molecule has 0 unspecified atom stereocenters. The van der Waals surface area contributed by atoms with E-state index in [9.17, 15) is 22.8 Å². The van der Waals surface area contributed by atoms with Crippen molar-refractivity contribution in [3.63, 3.8) is 0 Å². The Morgan fingerprint density at radius 2 is 1.72 bits per heavy atom. The molecule has 0 bridgehead atoms. The predicted octanol–water partition coefficient (Wildman–Crippen LogP) is 4.33. The number of esters is 1. The lowest BCUT2D eigenvalue weighted by Crippen LogP contribution is -2.14. The van der Waals surface area contributed by atoms with Crippen LogP contribution in [-0.4, -0.2) is 11.9 Å². The fourth-order valence-corrected chi connectivity index (χ4v) is 2.20. The summed E-state index contributed by atoms with van der Waals surface area (Å²) in [6, 6.07) is 9.25. The van der Waals surface area contributed by atoms with E-state index in [0.29, 0.717) is 16.8 Å². The lowest BCUT2D eigenvalue weighted by atomic mass is 10.1. The highest BCUT2D eigenvalue weighted by atomic mass is 19.4. The maximum Gasteiger partial charge on any atom is 0.416 e. The zero-order valence-electron chi connectivity index (χ0n) is 13.6. The van der Waals surface area contributed by atoms with Crippen molar-refractivity contribution in [2.75, 3.05) is 5.32 Å². The van der Waals surface area contributed by atoms with Crippen molar-refractivity contribution in [1.82, 2.24) is 0 Å². The van der Waals surface area contributed by atoms with E-state index in [-0.39, 0.29) is 18.1 Å². The third-order valence-corrected chi connectivity index (χ3v) is 3.44. The van der Waals surface area contributed by atoms with E-state index < -0.39 is 17.7 Å². The topological polar surface area (TPSA) is 55.4 Å². The van der Waals surface area contributed by atoms with E-state index in [2.05, 4.69) is 5.32 Å². The number of ether oxygens (including phenoxy) is 1. The van der Waals surface area contributed by atoms with Crippen LogP contribution in [0.2, 0.25) is 0 Å². The second-order valence-corrected chi connectivity index (χ2v) is 5.45. The lowest BCUT2D eigenvalue weighted by Gasteiger charge is -2.13. The molecule has 132 valence electrons. The summed E-state index contributed by atoms with van der Waals surface area (Å²) in [5, 5.41) is 2.58. The van der Waals surface area contributed by atoms with Gasteiger partial charge < -0.3 is 10.1 Å². The van der Waals surface area contributed by atoms with Crippen LogP contribution in [0.25, 0.3) is 0 Å². The summed E-state index contributed by atoms with van der Waals surface area (Å²) >= 11 is 0. The van der Waals surface area contributed by atoms with Crippen LogP contribution < -0.4 is 5.32 Å². The van der Waals surface area contributed by atoms with E-state index in [4.69, 9.17) is 4.74 Å². The number of nitrogens with one attached hydrogen (secondary N) is 1. The van der Waals surface area contributed by atoms with Crippen LogP contribution in [0, 0.1) is 6.92 Å².